The van der Waals surface area contributed by atoms with E-state index in [2.05, 4.69) is 5.32 Å². The first kappa shape index (κ1) is 10.5. The van der Waals surface area contributed by atoms with Gasteiger partial charge in [0, 0.05) is 5.69 Å². The zero-order valence-electron chi connectivity index (χ0n) is 8.00. The summed E-state index contributed by atoms with van der Waals surface area (Å²) in [6.07, 6.45) is 0. The second kappa shape index (κ2) is 3.65. The molecule has 4 heteroatoms. The second-order valence-electron chi connectivity index (χ2n) is 3.54. The molecule has 0 bridgehead atoms. The van der Waals surface area contributed by atoms with Gasteiger partial charge in [-0.3, -0.25) is 0 Å². The van der Waals surface area contributed by atoms with Gasteiger partial charge in [-0.1, -0.05) is 0 Å². The molecule has 0 saturated heterocycles. The van der Waals surface area contributed by atoms with Crippen molar-refractivity contribution in [2.24, 2.45) is 0 Å². The largest absolute Gasteiger partial charge is 0.548 e. The summed E-state index contributed by atoms with van der Waals surface area (Å²) in [5.41, 5.74) is -0.627. The molecule has 14 heavy (non-hydrogen) atoms. The summed E-state index contributed by atoms with van der Waals surface area (Å²) < 4.78 is 12.5. The molecule has 0 radical (unpaired) electrons. The molecule has 0 atom stereocenters. The van der Waals surface area contributed by atoms with Gasteiger partial charge in [0.2, 0.25) is 0 Å². The van der Waals surface area contributed by atoms with E-state index in [0.29, 0.717) is 5.69 Å². The van der Waals surface area contributed by atoms with Gasteiger partial charge in [-0.05, 0) is 38.1 Å². The summed E-state index contributed by atoms with van der Waals surface area (Å²) >= 11 is 0. The molecule has 1 aromatic carbocycles. The molecule has 0 unspecified atom stereocenters. The summed E-state index contributed by atoms with van der Waals surface area (Å²) in [7, 11) is 0. The molecular weight excluding hydrogens is 185 g/mol. The van der Waals surface area contributed by atoms with Crippen LogP contribution in [0.2, 0.25) is 0 Å². The predicted molar refractivity (Wildman–Crippen MR) is 49.1 cm³/mol. The number of carboxylic acid groups (broad SMARTS) is 1. The Hall–Kier alpha value is -1.58. The lowest BCUT2D eigenvalue weighted by atomic mass is 10.1. The third-order valence-electron chi connectivity index (χ3n) is 1.81. The molecule has 0 aliphatic rings. The van der Waals surface area contributed by atoms with Gasteiger partial charge in [0.1, 0.15) is 5.82 Å². The number of carboxylic acids is 1. The fraction of sp³-hybridized carbons (Fsp3) is 0.300. The topological polar surface area (TPSA) is 52.2 Å². The number of halogens is 1. The average Bonchev–Trinajstić information content (AvgIpc) is 2.08. The van der Waals surface area contributed by atoms with Gasteiger partial charge in [-0.2, -0.15) is 0 Å². The van der Waals surface area contributed by atoms with E-state index in [1.165, 1.54) is 38.1 Å². The van der Waals surface area contributed by atoms with Crippen molar-refractivity contribution in [3.05, 3.63) is 30.1 Å². The van der Waals surface area contributed by atoms with E-state index in [0.717, 1.165) is 0 Å². The van der Waals surface area contributed by atoms with Gasteiger partial charge in [-0.25, -0.2) is 4.39 Å². The van der Waals surface area contributed by atoms with Gasteiger partial charge in [-0.15, -0.1) is 0 Å². The minimum Gasteiger partial charge on any atom is -0.548 e. The van der Waals surface area contributed by atoms with Crippen LogP contribution in [0.15, 0.2) is 24.3 Å². The standard InChI is InChI=1S/C10H12FNO2/c1-10(2,9(13)14)12-8-5-3-7(11)4-6-8/h3-6,12H,1-2H3,(H,13,14)/p-1. The Bertz CT molecular complexity index is 332. The molecule has 0 heterocycles. The number of benzene rings is 1. The Labute approximate surface area is 81.6 Å². The Balaban J connectivity index is 2.79. The first-order valence-electron chi connectivity index (χ1n) is 4.17. The average molecular weight is 196 g/mol. The Morgan fingerprint density at radius 2 is 1.86 bits per heavy atom. The summed E-state index contributed by atoms with van der Waals surface area (Å²) in [6.45, 7) is 2.96. The highest BCUT2D eigenvalue weighted by Crippen LogP contribution is 2.14. The quantitative estimate of drug-likeness (QED) is 0.776. The van der Waals surface area contributed by atoms with Crippen molar-refractivity contribution in [3.63, 3.8) is 0 Å². The van der Waals surface area contributed by atoms with Crippen LogP contribution < -0.4 is 10.4 Å². The number of carbonyl (C=O) groups is 1. The fourth-order valence-corrected chi connectivity index (χ4v) is 0.945. The van der Waals surface area contributed by atoms with E-state index in [1.54, 1.807) is 0 Å². The van der Waals surface area contributed by atoms with Crippen molar-refractivity contribution in [2.75, 3.05) is 5.32 Å². The normalized spacial score (nSPS) is 11.1. The fourth-order valence-electron chi connectivity index (χ4n) is 0.945. The second-order valence-corrected chi connectivity index (χ2v) is 3.54. The van der Waals surface area contributed by atoms with Crippen molar-refractivity contribution < 1.29 is 14.3 Å². The summed E-state index contributed by atoms with van der Waals surface area (Å²) in [4.78, 5) is 10.6. The van der Waals surface area contributed by atoms with E-state index in [1.807, 2.05) is 0 Å². The van der Waals surface area contributed by atoms with Gasteiger partial charge in [0.25, 0.3) is 0 Å². The summed E-state index contributed by atoms with van der Waals surface area (Å²) in [5, 5.41) is 13.4. The lowest BCUT2D eigenvalue weighted by Gasteiger charge is -2.28. The summed E-state index contributed by atoms with van der Waals surface area (Å²) in [6, 6.07) is 5.46. The number of anilines is 1. The van der Waals surface area contributed by atoms with Crippen LogP contribution in [-0.2, 0) is 4.79 Å². The molecule has 0 fully saturated rings. The zero-order valence-corrected chi connectivity index (χ0v) is 8.00. The van der Waals surface area contributed by atoms with Crippen LogP contribution in [0.3, 0.4) is 0 Å². The molecule has 0 amide bonds. The van der Waals surface area contributed by atoms with Crippen molar-refractivity contribution in [3.8, 4) is 0 Å². The van der Waals surface area contributed by atoms with E-state index < -0.39 is 11.5 Å². The number of carbonyl (C=O) groups excluding carboxylic acids is 1. The third-order valence-corrected chi connectivity index (χ3v) is 1.81. The maximum absolute atomic E-state index is 12.5. The minimum absolute atomic E-state index is 0.359. The number of hydrogen-bond acceptors (Lipinski definition) is 3. The summed E-state index contributed by atoms with van der Waals surface area (Å²) in [5.74, 6) is -1.57. The predicted octanol–water partition coefficient (Wildman–Crippen LogP) is 0.766. The number of rotatable bonds is 3. The van der Waals surface area contributed by atoms with Crippen LogP contribution >= 0.6 is 0 Å². The van der Waals surface area contributed by atoms with E-state index >= 15 is 0 Å². The van der Waals surface area contributed by atoms with Crippen LogP contribution in [0.1, 0.15) is 13.8 Å². The molecule has 3 nitrogen and oxygen atoms in total. The molecule has 0 saturated carbocycles. The molecular formula is C10H11FNO2-. The number of nitrogens with one attached hydrogen (secondary N) is 1. The third kappa shape index (κ3) is 2.45. The highest BCUT2D eigenvalue weighted by molar-refractivity contribution is 5.79. The molecule has 1 aromatic rings. The molecule has 0 aliphatic heterocycles. The Morgan fingerprint density at radius 1 is 1.36 bits per heavy atom. The number of hydrogen-bond donors (Lipinski definition) is 1. The number of aliphatic carboxylic acids is 1. The van der Waals surface area contributed by atoms with E-state index in [-0.39, 0.29) is 5.82 Å². The maximum Gasteiger partial charge on any atom is 0.123 e. The van der Waals surface area contributed by atoms with Crippen LogP contribution in [-0.4, -0.2) is 11.5 Å². The van der Waals surface area contributed by atoms with Crippen LogP contribution in [0.5, 0.6) is 0 Å². The first-order chi connectivity index (χ1) is 6.42. The first-order valence-corrected chi connectivity index (χ1v) is 4.17. The van der Waals surface area contributed by atoms with Crippen molar-refractivity contribution >= 4 is 11.7 Å². The van der Waals surface area contributed by atoms with Crippen molar-refractivity contribution in [1.82, 2.24) is 0 Å². The van der Waals surface area contributed by atoms with E-state index in [9.17, 15) is 14.3 Å². The molecule has 0 aromatic heterocycles. The lowest BCUT2D eigenvalue weighted by molar-refractivity contribution is -0.310. The highest BCUT2D eigenvalue weighted by Gasteiger charge is 2.18. The van der Waals surface area contributed by atoms with Gasteiger partial charge in [0.15, 0.2) is 0 Å². The van der Waals surface area contributed by atoms with Crippen LogP contribution in [0, 0.1) is 5.82 Å². The molecule has 0 aliphatic carbocycles. The van der Waals surface area contributed by atoms with Crippen LogP contribution in [0.25, 0.3) is 0 Å². The molecule has 1 N–H and O–H groups in total. The minimum atomic E-state index is -1.21. The van der Waals surface area contributed by atoms with Crippen LogP contribution in [0.4, 0.5) is 10.1 Å². The molecule has 76 valence electrons. The monoisotopic (exact) mass is 196 g/mol. The van der Waals surface area contributed by atoms with Crippen molar-refractivity contribution in [1.29, 1.82) is 0 Å². The molecule has 1 rings (SSSR count). The van der Waals surface area contributed by atoms with E-state index in [4.69, 9.17) is 0 Å². The molecule has 0 spiro atoms. The Kier molecular flexibility index (Phi) is 2.74. The van der Waals surface area contributed by atoms with Gasteiger partial charge in [0.05, 0.1) is 11.5 Å². The lowest BCUT2D eigenvalue weighted by Crippen LogP contribution is -2.49. The smallest absolute Gasteiger partial charge is 0.123 e. The zero-order chi connectivity index (χ0) is 10.8. The van der Waals surface area contributed by atoms with Crippen molar-refractivity contribution in [2.45, 2.75) is 19.4 Å². The SMILES string of the molecule is CC(C)(Nc1ccc(F)cc1)C(=O)[O-]. The van der Waals surface area contributed by atoms with Gasteiger partial charge >= 0.3 is 0 Å². The Morgan fingerprint density at radius 3 is 2.29 bits per heavy atom. The maximum atomic E-state index is 12.5. The van der Waals surface area contributed by atoms with Gasteiger partial charge < -0.3 is 15.2 Å². The highest BCUT2D eigenvalue weighted by atomic mass is 19.1.